The van der Waals surface area contributed by atoms with Crippen molar-refractivity contribution in [3.8, 4) is 5.75 Å². The first-order valence-electron chi connectivity index (χ1n) is 7.21. The van der Waals surface area contributed by atoms with Crippen molar-refractivity contribution < 1.29 is 9.47 Å². The predicted octanol–water partition coefficient (Wildman–Crippen LogP) is 3.42. The molecule has 0 amide bonds. The van der Waals surface area contributed by atoms with Crippen LogP contribution in [0, 0.1) is 5.92 Å². The van der Waals surface area contributed by atoms with E-state index in [0.29, 0.717) is 6.61 Å². The maximum atomic E-state index is 5.92. The highest BCUT2D eigenvalue weighted by Gasteiger charge is 2.15. The monoisotopic (exact) mass is 263 g/mol. The summed E-state index contributed by atoms with van der Waals surface area (Å²) in [5, 5.41) is 0. The molecule has 1 saturated carbocycles. The molecule has 1 aliphatic carbocycles. The van der Waals surface area contributed by atoms with Crippen molar-refractivity contribution in [1.82, 2.24) is 0 Å². The fourth-order valence-electron chi connectivity index (χ4n) is 2.71. The van der Waals surface area contributed by atoms with E-state index in [2.05, 4.69) is 6.07 Å². The van der Waals surface area contributed by atoms with Crippen LogP contribution in [0.25, 0.3) is 0 Å². The van der Waals surface area contributed by atoms with Crippen molar-refractivity contribution in [1.29, 1.82) is 0 Å². The zero-order valence-electron chi connectivity index (χ0n) is 12.0. The normalized spacial score (nSPS) is 17.6. The Bertz CT molecular complexity index is 398. The Kier molecular flexibility index (Phi) is 5.23. The minimum Gasteiger partial charge on any atom is -0.496 e. The van der Waals surface area contributed by atoms with Gasteiger partial charge in [-0.05, 0) is 43.4 Å². The molecular weight excluding hydrogens is 238 g/mol. The third-order valence-electron chi connectivity index (χ3n) is 3.92. The van der Waals surface area contributed by atoms with E-state index in [1.807, 2.05) is 19.1 Å². The number of hydrogen-bond acceptors (Lipinski definition) is 3. The van der Waals surface area contributed by atoms with Crippen molar-refractivity contribution in [3.63, 3.8) is 0 Å². The molecule has 0 aliphatic heterocycles. The minimum absolute atomic E-state index is 0.0412. The molecule has 1 aromatic carbocycles. The van der Waals surface area contributed by atoms with Crippen LogP contribution < -0.4 is 10.5 Å². The zero-order valence-corrected chi connectivity index (χ0v) is 12.0. The number of rotatable bonds is 6. The minimum atomic E-state index is 0.0412. The molecule has 3 nitrogen and oxygen atoms in total. The van der Waals surface area contributed by atoms with E-state index in [1.54, 1.807) is 7.11 Å². The summed E-state index contributed by atoms with van der Waals surface area (Å²) in [5.74, 6) is 1.64. The number of ether oxygens (including phenoxy) is 2. The summed E-state index contributed by atoms with van der Waals surface area (Å²) < 4.78 is 11.2. The van der Waals surface area contributed by atoms with E-state index in [1.165, 1.54) is 25.7 Å². The Balaban J connectivity index is 1.94. The van der Waals surface area contributed by atoms with Crippen molar-refractivity contribution in [2.24, 2.45) is 11.7 Å². The van der Waals surface area contributed by atoms with Gasteiger partial charge in [0.05, 0.1) is 13.7 Å². The fourth-order valence-corrected chi connectivity index (χ4v) is 2.71. The summed E-state index contributed by atoms with van der Waals surface area (Å²) in [5.41, 5.74) is 8.14. The summed E-state index contributed by atoms with van der Waals surface area (Å²) in [6, 6.07) is 6.13. The standard InChI is InChI=1S/C16H25NO2/c1-12(17)14-7-8-16(18-2)15(9-14)11-19-10-13-5-3-4-6-13/h7-9,12-13H,3-6,10-11,17H2,1-2H3. The Morgan fingerprint density at radius 2 is 2.05 bits per heavy atom. The molecule has 2 rings (SSSR count). The third-order valence-corrected chi connectivity index (χ3v) is 3.92. The van der Waals surface area contributed by atoms with Crippen molar-refractivity contribution in [2.75, 3.05) is 13.7 Å². The van der Waals surface area contributed by atoms with E-state index in [4.69, 9.17) is 15.2 Å². The van der Waals surface area contributed by atoms with E-state index < -0.39 is 0 Å². The highest BCUT2D eigenvalue weighted by atomic mass is 16.5. The van der Waals surface area contributed by atoms with Gasteiger partial charge < -0.3 is 15.2 Å². The second kappa shape index (κ2) is 6.92. The van der Waals surface area contributed by atoms with E-state index in [9.17, 15) is 0 Å². The van der Waals surface area contributed by atoms with Gasteiger partial charge >= 0.3 is 0 Å². The average Bonchev–Trinajstić information content (AvgIpc) is 2.91. The van der Waals surface area contributed by atoms with Crippen LogP contribution in [0.1, 0.15) is 49.8 Å². The number of benzene rings is 1. The van der Waals surface area contributed by atoms with Gasteiger partial charge in [0, 0.05) is 18.2 Å². The first kappa shape index (κ1) is 14.4. The number of methoxy groups -OCH3 is 1. The predicted molar refractivity (Wildman–Crippen MR) is 77.2 cm³/mol. The van der Waals surface area contributed by atoms with Gasteiger partial charge in [0.15, 0.2) is 0 Å². The van der Waals surface area contributed by atoms with Gasteiger partial charge in [-0.15, -0.1) is 0 Å². The molecule has 0 bridgehead atoms. The number of nitrogens with two attached hydrogens (primary N) is 1. The molecule has 1 aliphatic rings. The molecule has 0 aromatic heterocycles. The second-order valence-electron chi connectivity index (χ2n) is 5.53. The molecule has 1 unspecified atom stereocenters. The van der Waals surface area contributed by atoms with Gasteiger partial charge in [-0.3, -0.25) is 0 Å². The molecule has 0 spiro atoms. The lowest BCUT2D eigenvalue weighted by Gasteiger charge is -2.14. The molecule has 1 atom stereocenters. The third kappa shape index (κ3) is 3.95. The van der Waals surface area contributed by atoms with Gasteiger partial charge in [0.25, 0.3) is 0 Å². The second-order valence-corrected chi connectivity index (χ2v) is 5.53. The van der Waals surface area contributed by atoms with Crippen LogP contribution in [0.4, 0.5) is 0 Å². The highest BCUT2D eigenvalue weighted by Crippen LogP contribution is 2.27. The van der Waals surface area contributed by atoms with E-state index >= 15 is 0 Å². The van der Waals surface area contributed by atoms with Crippen LogP contribution in [-0.2, 0) is 11.3 Å². The zero-order chi connectivity index (χ0) is 13.7. The summed E-state index contributed by atoms with van der Waals surface area (Å²) in [6.07, 6.45) is 5.35. The highest BCUT2D eigenvalue weighted by molar-refractivity contribution is 5.37. The van der Waals surface area contributed by atoms with Crippen LogP contribution in [0.15, 0.2) is 18.2 Å². The summed E-state index contributed by atoms with van der Waals surface area (Å²) in [4.78, 5) is 0. The Hall–Kier alpha value is -1.06. The Morgan fingerprint density at radius 3 is 2.68 bits per heavy atom. The molecule has 1 aromatic rings. The van der Waals surface area contributed by atoms with Crippen LogP contribution in [-0.4, -0.2) is 13.7 Å². The lowest BCUT2D eigenvalue weighted by atomic mass is 10.1. The van der Waals surface area contributed by atoms with Crippen molar-refractivity contribution in [2.45, 2.75) is 45.3 Å². The molecule has 1 fully saturated rings. The van der Waals surface area contributed by atoms with Crippen LogP contribution in [0.2, 0.25) is 0 Å². The molecule has 0 saturated heterocycles. The average molecular weight is 263 g/mol. The molecule has 106 valence electrons. The van der Waals surface area contributed by atoms with Crippen LogP contribution in [0.3, 0.4) is 0 Å². The molecule has 0 heterocycles. The largest absolute Gasteiger partial charge is 0.496 e. The molecular formula is C16H25NO2. The Morgan fingerprint density at radius 1 is 1.32 bits per heavy atom. The number of hydrogen-bond donors (Lipinski definition) is 1. The topological polar surface area (TPSA) is 44.5 Å². The maximum absolute atomic E-state index is 5.92. The van der Waals surface area contributed by atoms with Gasteiger partial charge in [0.1, 0.15) is 5.75 Å². The van der Waals surface area contributed by atoms with Crippen LogP contribution in [0.5, 0.6) is 5.75 Å². The molecule has 19 heavy (non-hydrogen) atoms. The summed E-state index contributed by atoms with van der Waals surface area (Å²) in [6.45, 7) is 3.47. The summed E-state index contributed by atoms with van der Waals surface area (Å²) in [7, 11) is 1.70. The molecule has 2 N–H and O–H groups in total. The van der Waals surface area contributed by atoms with E-state index in [0.717, 1.165) is 29.4 Å². The molecule has 3 heteroatoms. The van der Waals surface area contributed by atoms with Gasteiger partial charge in [-0.25, -0.2) is 0 Å². The lowest BCUT2D eigenvalue weighted by Crippen LogP contribution is -2.08. The molecule has 0 radical (unpaired) electrons. The first-order valence-corrected chi connectivity index (χ1v) is 7.21. The SMILES string of the molecule is COc1ccc(C(C)N)cc1COCC1CCCC1. The van der Waals surface area contributed by atoms with Crippen molar-refractivity contribution in [3.05, 3.63) is 29.3 Å². The maximum Gasteiger partial charge on any atom is 0.124 e. The van der Waals surface area contributed by atoms with E-state index in [-0.39, 0.29) is 6.04 Å². The van der Waals surface area contributed by atoms with Crippen LogP contribution >= 0.6 is 0 Å². The lowest BCUT2D eigenvalue weighted by molar-refractivity contribution is 0.0874. The first-order chi connectivity index (χ1) is 9.20. The van der Waals surface area contributed by atoms with Gasteiger partial charge in [0.2, 0.25) is 0 Å². The van der Waals surface area contributed by atoms with Crippen molar-refractivity contribution >= 4 is 0 Å². The summed E-state index contributed by atoms with van der Waals surface area (Å²) >= 11 is 0. The fraction of sp³-hybridized carbons (Fsp3) is 0.625. The Labute approximate surface area is 116 Å². The smallest absolute Gasteiger partial charge is 0.124 e. The quantitative estimate of drug-likeness (QED) is 0.855. The van der Waals surface area contributed by atoms with Gasteiger partial charge in [-0.2, -0.15) is 0 Å². The van der Waals surface area contributed by atoms with Gasteiger partial charge in [-0.1, -0.05) is 18.9 Å².